The molecule has 2 N–H and O–H groups in total. The topological polar surface area (TPSA) is 145 Å². The van der Waals surface area contributed by atoms with Crippen molar-refractivity contribution in [1.29, 1.82) is 0 Å². The van der Waals surface area contributed by atoms with Crippen LogP contribution in [0.25, 0.3) is 0 Å². The second kappa shape index (κ2) is 6.44. The quantitative estimate of drug-likeness (QED) is 0.472. The molecule has 0 saturated heterocycles. The molecule has 0 fully saturated rings. The summed E-state index contributed by atoms with van der Waals surface area (Å²) in [4.78, 5) is 33.7. The summed E-state index contributed by atoms with van der Waals surface area (Å²) < 4.78 is 5.99. The number of nitrogens with one attached hydrogen (secondary N) is 2. The van der Waals surface area contributed by atoms with Gasteiger partial charge in [0.15, 0.2) is 16.4 Å². The van der Waals surface area contributed by atoms with Crippen LogP contribution in [-0.2, 0) is 11.3 Å². The van der Waals surface area contributed by atoms with E-state index in [9.17, 15) is 19.7 Å². The van der Waals surface area contributed by atoms with Gasteiger partial charge in [-0.25, -0.2) is 4.79 Å². The van der Waals surface area contributed by atoms with Gasteiger partial charge in [0.05, 0.1) is 12.8 Å². The fraction of sp³-hybridized carbons (Fsp3) is 0.273. The highest BCUT2D eigenvalue weighted by Crippen LogP contribution is 2.26. The van der Waals surface area contributed by atoms with E-state index in [1.54, 1.807) is 6.92 Å². The Morgan fingerprint density at radius 2 is 2.22 bits per heavy atom. The number of nitro groups is 1. The summed E-state index contributed by atoms with van der Waals surface area (Å²) in [6.45, 7) is 2.24. The van der Waals surface area contributed by atoms with Crippen LogP contribution in [0, 0.1) is 10.1 Å². The number of nitrogens with zero attached hydrogens (tertiary/aromatic N) is 4. The highest BCUT2D eigenvalue weighted by molar-refractivity contribution is 6.36. The molecule has 0 saturated carbocycles. The lowest BCUT2D eigenvalue weighted by molar-refractivity contribution is -0.389. The normalized spacial score (nSPS) is 10.4. The number of aromatic nitrogens is 4. The third-order valence-electron chi connectivity index (χ3n) is 2.80. The Morgan fingerprint density at radius 3 is 2.74 bits per heavy atom. The van der Waals surface area contributed by atoms with Gasteiger partial charge < -0.3 is 20.2 Å². The van der Waals surface area contributed by atoms with Crippen LogP contribution < -0.4 is 5.32 Å². The number of aromatic amines is 1. The Morgan fingerprint density at radius 1 is 1.52 bits per heavy atom. The number of carbonyl (C=O) groups is 2. The van der Waals surface area contributed by atoms with Crippen molar-refractivity contribution in [2.24, 2.45) is 0 Å². The lowest BCUT2D eigenvalue weighted by atomic mass is 10.3. The minimum atomic E-state index is -0.833. The summed E-state index contributed by atoms with van der Waals surface area (Å²) in [6, 6.07) is 0. The summed E-state index contributed by atoms with van der Waals surface area (Å²) in [6.07, 6.45) is 1.42. The van der Waals surface area contributed by atoms with Gasteiger partial charge in [0, 0.05) is 12.7 Å². The van der Waals surface area contributed by atoms with E-state index >= 15 is 0 Å². The highest BCUT2D eigenvalue weighted by Gasteiger charge is 2.27. The van der Waals surface area contributed by atoms with E-state index in [2.05, 4.69) is 25.3 Å². The lowest BCUT2D eigenvalue weighted by Crippen LogP contribution is -2.15. The van der Waals surface area contributed by atoms with E-state index < -0.39 is 27.6 Å². The number of amides is 1. The molecule has 2 heterocycles. The predicted molar refractivity (Wildman–Crippen MR) is 77.4 cm³/mol. The minimum Gasteiger partial charge on any atom is -0.464 e. The lowest BCUT2D eigenvalue weighted by Gasteiger charge is -2.01. The summed E-state index contributed by atoms with van der Waals surface area (Å²) in [7, 11) is 1.17. The van der Waals surface area contributed by atoms with Gasteiger partial charge in [0.2, 0.25) is 0 Å². The van der Waals surface area contributed by atoms with Crippen LogP contribution in [0.5, 0.6) is 0 Å². The van der Waals surface area contributed by atoms with Crippen LogP contribution in [-0.4, -0.2) is 43.9 Å². The van der Waals surface area contributed by atoms with Gasteiger partial charge in [0.1, 0.15) is 0 Å². The van der Waals surface area contributed by atoms with Crippen LogP contribution in [0.15, 0.2) is 6.20 Å². The Hall–Kier alpha value is -2.95. The van der Waals surface area contributed by atoms with E-state index in [0.29, 0.717) is 6.54 Å². The molecule has 11 nitrogen and oxygen atoms in total. The van der Waals surface area contributed by atoms with Crippen molar-refractivity contribution in [3.05, 3.63) is 32.7 Å². The largest absolute Gasteiger partial charge is 0.464 e. The number of esters is 1. The fourth-order valence-corrected chi connectivity index (χ4v) is 1.93. The first kappa shape index (κ1) is 16.4. The molecule has 0 aliphatic carbocycles. The van der Waals surface area contributed by atoms with Gasteiger partial charge in [-0.2, -0.15) is 5.10 Å². The molecule has 122 valence electrons. The molecule has 0 aromatic carbocycles. The van der Waals surface area contributed by atoms with Crippen molar-refractivity contribution in [3.63, 3.8) is 0 Å². The first-order valence-electron chi connectivity index (χ1n) is 6.24. The smallest absolute Gasteiger partial charge is 0.362 e. The second-order valence-electron chi connectivity index (χ2n) is 4.18. The van der Waals surface area contributed by atoms with Gasteiger partial charge >= 0.3 is 11.8 Å². The summed E-state index contributed by atoms with van der Waals surface area (Å²) in [5, 5.41) is 22.1. The molecule has 0 aliphatic heterocycles. The van der Waals surface area contributed by atoms with Crippen LogP contribution in [0.1, 0.15) is 27.9 Å². The first-order chi connectivity index (χ1) is 10.9. The van der Waals surface area contributed by atoms with Crippen molar-refractivity contribution in [2.75, 3.05) is 12.4 Å². The van der Waals surface area contributed by atoms with Gasteiger partial charge in [0.25, 0.3) is 5.91 Å². The fourth-order valence-electron chi connectivity index (χ4n) is 1.69. The Balaban J connectivity index is 2.32. The molecule has 12 heteroatoms. The van der Waals surface area contributed by atoms with Crippen molar-refractivity contribution < 1.29 is 19.2 Å². The summed E-state index contributed by atoms with van der Waals surface area (Å²) in [5.41, 5.74) is -0.410. The van der Waals surface area contributed by atoms with Crippen LogP contribution in [0.4, 0.5) is 11.5 Å². The third-order valence-corrected chi connectivity index (χ3v) is 3.16. The zero-order chi connectivity index (χ0) is 17.1. The molecule has 0 spiro atoms. The number of hydrogen-bond acceptors (Lipinski definition) is 7. The van der Waals surface area contributed by atoms with Crippen molar-refractivity contribution in [1.82, 2.24) is 20.0 Å². The molecular formula is C11H11ClN6O5. The van der Waals surface area contributed by atoms with Crippen molar-refractivity contribution >= 4 is 35.0 Å². The standard InChI is InChI=1S/C11H11ClN6O5/c1-3-17-4-5(7(16-17)11(20)23-2)13-10(19)8-6(12)9(15-14-8)18(21)22/h4H,3H2,1-2H3,(H,13,19)(H,14,15). The second-order valence-corrected chi connectivity index (χ2v) is 4.56. The van der Waals surface area contributed by atoms with E-state index in [-0.39, 0.29) is 17.1 Å². The average Bonchev–Trinajstić information content (AvgIpc) is 3.09. The minimum absolute atomic E-state index is 0.0745. The number of ether oxygens (including phenoxy) is 1. The Labute approximate surface area is 133 Å². The number of aryl methyl sites for hydroxylation is 1. The molecule has 0 radical (unpaired) electrons. The number of H-pyrrole nitrogens is 1. The molecule has 2 rings (SSSR count). The van der Waals surface area contributed by atoms with E-state index in [1.807, 2.05) is 0 Å². The SMILES string of the molecule is CCn1cc(NC(=O)c2n[nH]c([N+](=O)[O-])c2Cl)c(C(=O)OC)n1. The molecule has 2 aromatic rings. The van der Waals surface area contributed by atoms with Crippen LogP contribution in [0.3, 0.4) is 0 Å². The predicted octanol–water partition coefficient (Wildman–Crippen LogP) is 1.23. The Bertz CT molecular complexity index is 782. The molecule has 2 aromatic heterocycles. The van der Waals surface area contributed by atoms with E-state index in [0.717, 1.165) is 0 Å². The number of hydrogen-bond donors (Lipinski definition) is 2. The maximum Gasteiger partial charge on any atom is 0.362 e. The molecule has 0 bridgehead atoms. The van der Waals surface area contributed by atoms with Gasteiger partial charge in [-0.3, -0.25) is 9.48 Å². The van der Waals surface area contributed by atoms with Gasteiger partial charge in [-0.1, -0.05) is 16.7 Å². The monoisotopic (exact) mass is 342 g/mol. The number of methoxy groups -OCH3 is 1. The zero-order valence-electron chi connectivity index (χ0n) is 12.0. The van der Waals surface area contributed by atoms with Crippen molar-refractivity contribution in [3.8, 4) is 0 Å². The molecule has 0 atom stereocenters. The van der Waals surface area contributed by atoms with Crippen molar-refractivity contribution in [2.45, 2.75) is 13.5 Å². The Kier molecular flexibility index (Phi) is 4.60. The number of anilines is 1. The molecule has 1 amide bonds. The van der Waals surface area contributed by atoms with E-state index in [4.69, 9.17) is 11.6 Å². The third kappa shape index (κ3) is 3.13. The molecule has 23 heavy (non-hydrogen) atoms. The number of rotatable bonds is 5. The maximum atomic E-state index is 12.1. The highest BCUT2D eigenvalue weighted by atomic mass is 35.5. The first-order valence-corrected chi connectivity index (χ1v) is 6.62. The maximum absolute atomic E-state index is 12.1. The molecule has 0 unspecified atom stereocenters. The average molecular weight is 343 g/mol. The summed E-state index contributed by atoms with van der Waals surface area (Å²) >= 11 is 5.73. The van der Waals surface area contributed by atoms with E-state index in [1.165, 1.54) is 18.0 Å². The number of halogens is 1. The van der Waals surface area contributed by atoms with Gasteiger partial charge in [-0.15, -0.1) is 5.10 Å². The number of carbonyl (C=O) groups excluding carboxylic acids is 2. The summed E-state index contributed by atoms with van der Waals surface area (Å²) in [5.74, 6) is -2.18. The molecule has 0 aliphatic rings. The van der Waals surface area contributed by atoms with Crippen LogP contribution in [0.2, 0.25) is 5.02 Å². The zero-order valence-corrected chi connectivity index (χ0v) is 12.7. The van der Waals surface area contributed by atoms with Gasteiger partial charge in [-0.05, 0) is 11.8 Å². The molecular weight excluding hydrogens is 332 g/mol. The van der Waals surface area contributed by atoms with Crippen LogP contribution >= 0.6 is 11.6 Å².